The molecule has 0 bridgehead atoms. The van der Waals surface area contributed by atoms with Gasteiger partial charge in [-0.05, 0) is 62.4 Å². The molecule has 0 heterocycles. The predicted molar refractivity (Wildman–Crippen MR) is 148 cm³/mol. The molecule has 2 aromatic carbocycles. The lowest BCUT2D eigenvalue weighted by molar-refractivity contribution is -0.149. The molecule has 4 N–H and O–H groups in total. The zero-order chi connectivity index (χ0) is 30.8. The summed E-state index contributed by atoms with van der Waals surface area (Å²) < 4.78 is 49.1. The van der Waals surface area contributed by atoms with Crippen molar-refractivity contribution in [2.24, 2.45) is 0 Å². The molecule has 0 aromatic heterocycles. The van der Waals surface area contributed by atoms with Crippen LogP contribution in [-0.2, 0) is 14.6 Å². The molecule has 2 aromatic rings. The van der Waals surface area contributed by atoms with E-state index in [-0.39, 0.29) is 10.5 Å². The molecule has 0 fully saturated rings. The fraction of sp³-hybridized carbons (Fsp3) is 0.357. The Morgan fingerprint density at radius 1 is 0.974 bits per heavy atom. The molecular formula is C28H38F2N2O6S. The average molecular weight is 569 g/mol. The second-order valence-electron chi connectivity index (χ2n) is 7.44. The van der Waals surface area contributed by atoms with Crippen LogP contribution in [0.15, 0.2) is 66.1 Å². The number of carbonyl (C=O) groups excluding carboxylic acids is 2. The lowest BCUT2D eigenvalue weighted by atomic mass is 9.95. The summed E-state index contributed by atoms with van der Waals surface area (Å²) in [6.07, 6.45) is -0.535. The van der Waals surface area contributed by atoms with E-state index >= 15 is 0 Å². The van der Waals surface area contributed by atoms with Gasteiger partial charge in [0.25, 0.3) is 18.2 Å². The van der Waals surface area contributed by atoms with Gasteiger partial charge in [-0.15, -0.1) is 6.58 Å². The monoisotopic (exact) mass is 568 g/mol. The number of hydrogen-bond acceptors (Lipinski definition) is 6. The highest BCUT2D eigenvalue weighted by atomic mass is 32.2. The minimum atomic E-state index is -3.38. The van der Waals surface area contributed by atoms with E-state index in [1.165, 1.54) is 36.4 Å². The molecule has 11 heteroatoms. The minimum absolute atomic E-state index is 0.00568. The number of amides is 2. The summed E-state index contributed by atoms with van der Waals surface area (Å²) in [4.78, 5) is 24.2. The number of hydroxylamine groups is 1. The van der Waals surface area contributed by atoms with Crippen LogP contribution >= 0.6 is 0 Å². The molecule has 0 radical (unpaired) electrons. The van der Waals surface area contributed by atoms with Crippen molar-refractivity contribution in [3.05, 3.63) is 77.9 Å². The van der Waals surface area contributed by atoms with Gasteiger partial charge in [0.2, 0.25) is 0 Å². The maximum Gasteiger partial charge on any atom is 0.269 e. The van der Waals surface area contributed by atoms with Gasteiger partial charge in [0.15, 0.2) is 15.4 Å². The smallest absolute Gasteiger partial charge is 0.269 e. The number of nitrogens with one attached hydrogen (secondary N) is 2. The zero-order valence-electron chi connectivity index (χ0n) is 23.2. The predicted octanol–water partition coefficient (Wildman–Crippen LogP) is 4.35. The van der Waals surface area contributed by atoms with Gasteiger partial charge in [0, 0.05) is 22.9 Å². The van der Waals surface area contributed by atoms with Gasteiger partial charge in [-0.3, -0.25) is 14.8 Å². The third-order valence-corrected chi connectivity index (χ3v) is 5.58. The number of carbonyl (C=O) groups is 2. The Hall–Kier alpha value is -3.59. The van der Waals surface area contributed by atoms with Gasteiger partial charge in [0.05, 0.1) is 4.90 Å². The summed E-state index contributed by atoms with van der Waals surface area (Å²) in [6.45, 7) is 13.9. The molecular weight excluding hydrogens is 530 g/mol. The molecule has 0 aliphatic carbocycles. The first-order chi connectivity index (χ1) is 18.3. The van der Waals surface area contributed by atoms with E-state index in [0.717, 1.165) is 11.7 Å². The first-order valence-electron chi connectivity index (χ1n) is 12.0. The fourth-order valence-electron chi connectivity index (χ4n) is 2.52. The number of hydrogen-bond donors (Lipinski definition) is 4. The van der Waals surface area contributed by atoms with Crippen molar-refractivity contribution in [3.63, 3.8) is 0 Å². The highest BCUT2D eigenvalue weighted by Crippen LogP contribution is 2.20. The number of sulfone groups is 1. The number of alkyl halides is 2. The Kier molecular flexibility index (Phi) is 17.9. The van der Waals surface area contributed by atoms with Crippen molar-refractivity contribution >= 4 is 21.7 Å². The van der Waals surface area contributed by atoms with E-state index in [4.69, 9.17) is 5.21 Å². The van der Waals surface area contributed by atoms with Crippen molar-refractivity contribution in [2.75, 3.05) is 6.26 Å². The van der Waals surface area contributed by atoms with Crippen LogP contribution in [0.2, 0.25) is 0 Å². The van der Waals surface area contributed by atoms with Gasteiger partial charge < -0.3 is 10.4 Å². The van der Waals surface area contributed by atoms with Crippen LogP contribution in [0.4, 0.5) is 8.78 Å². The Morgan fingerprint density at radius 2 is 1.36 bits per heavy atom. The third kappa shape index (κ3) is 12.7. The molecule has 0 saturated heterocycles. The Labute approximate surface area is 230 Å². The SMILES string of the molecule is C=CC.CC.CC.C[C@@](O)(C(F)F)[C@H](NC(=O)c1ccc(C#Cc2ccc(S(C)(=O)=O)cc2)cc1)C(=O)NO. The Bertz CT molecular complexity index is 1200. The summed E-state index contributed by atoms with van der Waals surface area (Å²) in [5.74, 6) is 3.31. The van der Waals surface area contributed by atoms with Crippen LogP contribution in [-0.4, -0.2) is 54.9 Å². The van der Waals surface area contributed by atoms with Crippen LogP contribution in [0, 0.1) is 11.8 Å². The largest absolute Gasteiger partial charge is 0.381 e. The number of rotatable bonds is 6. The molecule has 2 rings (SSSR count). The highest BCUT2D eigenvalue weighted by molar-refractivity contribution is 7.90. The topological polar surface area (TPSA) is 133 Å². The van der Waals surface area contributed by atoms with Gasteiger partial charge in [-0.1, -0.05) is 45.6 Å². The molecule has 8 nitrogen and oxygen atoms in total. The molecule has 0 unspecified atom stereocenters. The summed E-state index contributed by atoms with van der Waals surface area (Å²) >= 11 is 0. The first kappa shape index (κ1) is 37.6. The summed E-state index contributed by atoms with van der Waals surface area (Å²) in [6, 6.07) is 9.44. The standard InChI is InChI=1S/C21H20F2N2O6S.C3H6.2C2H6/c1-21(28,20(22)23)17(19(27)25-29)24-18(26)15-9-5-13(6-10-15)3-4-14-7-11-16(12-8-14)32(2,30)31;1-3-2;2*1-2/h5-12,17,20,28-29H,1-2H3,(H,24,26)(H,25,27);3H,1H2,2H3;2*1-2H3/t17-,21+;;;/m1.../s1. The van der Waals surface area contributed by atoms with Crippen molar-refractivity contribution < 1.29 is 37.1 Å². The van der Waals surface area contributed by atoms with E-state index in [2.05, 4.69) is 18.4 Å². The van der Waals surface area contributed by atoms with Gasteiger partial charge in [0.1, 0.15) is 6.04 Å². The van der Waals surface area contributed by atoms with Gasteiger partial charge in [-0.25, -0.2) is 22.7 Å². The van der Waals surface area contributed by atoms with E-state index in [1.54, 1.807) is 18.2 Å². The first-order valence-corrected chi connectivity index (χ1v) is 13.9. The van der Waals surface area contributed by atoms with E-state index in [1.807, 2.05) is 39.9 Å². The summed E-state index contributed by atoms with van der Waals surface area (Å²) in [5, 5.41) is 20.5. The fourth-order valence-corrected chi connectivity index (χ4v) is 3.15. The van der Waals surface area contributed by atoms with Crippen LogP contribution in [0.1, 0.15) is 63.0 Å². The third-order valence-electron chi connectivity index (χ3n) is 4.45. The number of aliphatic hydroxyl groups is 1. The van der Waals surface area contributed by atoms with Crippen LogP contribution in [0.25, 0.3) is 0 Å². The van der Waals surface area contributed by atoms with Gasteiger partial charge >= 0.3 is 0 Å². The molecule has 0 spiro atoms. The van der Waals surface area contributed by atoms with Crippen LogP contribution < -0.4 is 10.8 Å². The maximum absolute atomic E-state index is 13.1. The average Bonchev–Trinajstić information content (AvgIpc) is 2.92. The molecule has 0 aliphatic rings. The molecule has 39 heavy (non-hydrogen) atoms. The summed E-state index contributed by atoms with van der Waals surface area (Å²) in [7, 11) is -3.31. The summed E-state index contributed by atoms with van der Waals surface area (Å²) in [5.41, 5.74) is -0.739. The Morgan fingerprint density at radius 3 is 1.69 bits per heavy atom. The quantitative estimate of drug-likeness (QED) is 0.177. The molecule has 2 atom stereocenters. The normalized spacial score (nSPS) is 12.1. The van der Waals surface area contributed by atoms with Crippen molar-refractivity contribution in [2.45, 2.75) is 64.5 Å². The number of allylic oxidation sites excluding steroid dienone is 1. The molecule has 0 aliphatic heterocycles. The van der Waals surface area contributed by atoms with E-state index in [9.17, 15) is 31.9 Å². The van der Waals surface area contributed by atoms with Gasteiger partial charge in [-0.2, -0.15) is 0 Å². The zero-order valence-corrected chi connectivity index (χ0v) is 24.1. The number of halogens is 2. The lowest BCUT2D eigenvalue weighted by Gasteiger charge is -2.30. The minimum Gasteiger partial charge on any atom is -0.381 e. The number of benzene rings is 2. The van der Waals surface area contributed by atoms with Crippen molar-refractivity contribution in [1.82, 2.24) is 10.8 Å². The Balaban J connectivity index is 0. The van der Waals surface area contributed by atoms with E-state index in [0.29, 0.717) is 18.1 Å². The van der Waals surface area contributed by atoms with Crippen LogP contribution in [0.5, 0.6) is 0 Å². The highest BCUT2D eigenvalue weighted by Gasteiger charge is 2.46. The second-order valence-corrected chi connectivity index (χ2v) is 9.46. The van der Waals surface area contributed by atoms with Crippen molar-refractivity contribution in [1.29, 1.82) is 0 Å². The second kappa shape index (κ2) is 18.6. The van der Waals surface area contributed by atoms with Crippen LogP contribution in [0.3, 0.4) is 0 Å². The van der Waals surface area contributed by atoms with Crippen molar-refractivity contribution in [3.8, 4) is 11.8 Å². The molecule has 0 saturated carbocycles. The lowest BCUT2D eigenvalue weighted by Crippen LogP contribution is -2.61. The molecule has 2 amide bonds. The maximum atomic E-state index is 13.1. The molecule has 216 valence electrons. The van der Waals surface area contributed by atoms with E-state index < -0.39 is 39.7 Å².